The zero-order chi connectivity index (χ0) is 10.7. The van der Waals surface area contributed by atoms with Crippen LogP contribution in [0.15, 0.2) is 16.6 Å². The van der Waals surface area contributed by atoms with Crippen LogP contribution in [0.25, 0.3) is 0 Å². The van der Waals surface area contributed by atoms with Crippen molar-refractivity contribution in [2.75, 3.05) is 18.5 Å². The highest BCUT2D eigenvalue weighted by Gasteiger charge is 2.16. The molecule has 4 heteroatoms. The molecule has 0 unspecified atom stereocenters. The number of fused-ring (bicyclic) bond motifs is 1. The molecule has 0 radical (unpaired) electrons. The number of hydrogen-bond donors (Lipinski definition) is 1. The molecule has 2 rings (SSSR count). The van der Waals surface area contributed by atoms with E-state index in [1.165, 1.54) is 11.1 Å². The second-order valence-electron chi connectivity index (χ2n) is 3.52. The van der Waals surface area contributed by atoms with Crippen LogP contribution >= 0.6 is 31.9 Å². The summed E-state index contributed by atoms with van der Waals surface area (Å²) in [4.78, 5) is 0. The highest BCUT2D eigenvalue weighted by atomic mass is 79.9. The van der Waals surface area contributed by atoms with Crippen molar-refractivity contribution in [3.63, 3.8) is 0 Å². The van der Waals surface area contributed by atoms with Crippen molar-refractivity contribution < 1.29 is 4.74 Å². The molecule has 0 fully saturated rings. The lowest BCUT2D eigenvalue weighted by Crippen LogP contribution is -2.16. The Morgan fingerprint density at radius 3 is 3.07 bits per heavy atom. The average molecular weight is 335 g/mol. The van der Waals surface area contributed by atoms with Crippen LogP contribution in [0.5, 0.6) is 5.75 Å². The Balaban J connectivity index is 2.15. The standard InChI is InChI=1S/C11H13Br2NO/c12-2-3-14-7-9-6-10(13)5-8-1-4-15-11(8)9/h5-6,14H,1-4,7H2. The maximum Gasteiger partial charge on any atom is 0.127 e. The Morgan fingerprint density at radius 1 is 1.40 bits per heavy atom. The van der Waals surface area contributed by atoms with Gasteiger partial charge in [-0.1, -0.05) is 31.9 Å². The number of benzene rings is 1. The second-order valence-corrected chi connectivity index (χ2v) is 5.23. The van der Waals surface area contributed by atoms with Crippen LogP contribution in [0.4, 0.5) is 0 Å². The summed E-state index contributed by atoms with van der Waals surface area (Å²) in [6, 6.07) is 4.28. The van der Waals surface area contributed by atoms with Gasteiger partial charge in [-0.2, -0.15) is 0 Å². The van der Waals surface area contributed by atoms with Gasteiger partial charge in [0.1, 0.15) is 5.75 Å². The molecule has 1 heterocycles. The predicted molar refractivity (Wildman–Crippen MR) is 68.8 cm³/mol. The van der Waals surface area contributed by atoms with Gasteiger partial charge in [0.15, 0.2) is 0 Å². The van der Waals surface area contributed by atoms with E-state index in [-0.39, 0.29) is 0 Å². The molecule has 1 aromatic carbocycles. The minimum atomic E-state index is 0.817. The van der Waals surface area contributed by atoms with Crippen LogP contribution in [-0.2, 0) is 13.0 Å². The maximum atomic E-state index is 5.64. The maximum absolute atomic E-state index is 5.64. The van der Waals surface area contributed by atoms with Crippen molar-refractivity contribution in [2.24, 2.45) is 0 Å². The van der Waals surface area contributed by atoms with Crippen LogP contribution in [0.3, 0.4) is 0 Å². The van der Waals surface area contributed by atoms with Crippen LogP contribution in [-0.4, -0.2) is 18.5 Å². The molecular formula is C11H13Br2NO. The molecule has 0 amide bonds. The summed E-state index contributed by atoms with van der Waals surface area (Å²) in [7, 11) is 0. The summed E-state index contributed by atoms with van der Waals surface area (Å²) in [6.45, 7) is 2.66. The Morgan fingerprint density at radius 2 is 2.27 bits per heavy atom. The van der Waals surface area contributed by atoms with E-state index in [1.54, 1.807) is 0 Å². The van der Waals surface area contributed by atoms with Crippen LogP contribution in [0.2, 0.25) is 0 Å². The van der Waals surface area contributed by atoms with E-state index in [9.17, 15) is 0 Å². The number of alkyl halides is 1. The Bertz CT molecular complexity index is 355. The smallest absolute Gasteiger partial charge is 0.127 e. The van der Waals surface area contributed by atoms with E-state index in [4.69, 9.17) is 4.74 Å². The van der Waals surface area contributed by atoms with Gasteiger partial charge in [-0.25, -0.2) is 0 Å². The molecule has 1 aliphatic rings. The normalized spacial score (nSPS) is 13.7. The van der Waals surface area contributed by atoms with Gasteiger partial charge in [0.2, 0.25) is 0 Å². The van der Waals surface area contributed by atoms with Gasteiger partial charge in [-0.15, -0.1) is 0 Å². The van der Waals surface area contributed by atoms with Crippen molar-refractivity contribution >= 4 is 31.9 Å². The van der Waals surface area contributed by atoms with Gasteiger partial charge >= 0.3 is 0 Å². The van der Waals surface area contributed by atoms with E-state index in [1.807, 2.05) is 0 Å². The first-order valence-corrected chi connectivity index (χ1v) is 6.93. The van der Waals surface area contributed by atoms with E-state index < -0.39 is 0 Å². The Hall–Kier alpha value is -0.0600. The Kier molecular flexibility index (Phi) is 4.05. The molecule has 0 aliphatic carbocycles. The van der Waals surface area contributed by atoms with Gasteiger partial charge in [0.25, 0.3) is 0 Å². The molecule has 0 saturated heterocycles. The van der Waals surface area contributed by atoms with E-state index in [0.29, 0.717) is 0 Å². The number of hydrogen-bond acceptors (Lipinski definition) is 2. The van der Waals surface area contributed by atoms with E-state index >= 15 is 0 Å². The quantitative estimate of drug-likeness (QED) is 0.675. The molecule has 1 aliphatic heterocycles. The molecule has 0 atom stereocenters. The van der Waals surface area contributed by atoms with Gasteiger partial charge in [-0.3, -0.25) is 0 Å². The summed E-state index contributed by atoms with van der Waals surface area (Å²) in [5, 5.41) is 4.34. The van der Waals surface area contributed by atoms with Gasteiger partial charge in [0.05, 0.1) is 6.61 Å². The number of rotatable bonds is 4. The van der Waals surface area contributed by atoms with Crippen molar-refractivity contribution in [3.05, 3.63) is 27.7 Å². The minimum Gasteiger partial charge on any atom is -0.493 e. The van der Waals surface area contributed by atoms with E-state index in [0.717, 1.165) is 41.7 Å². The molecule has 82 valence electrons. The molecule has 0 saturated carbocycles. The third-order valence-corrected chi connectivity index (χ3v) is 3.27. The van der Waals surface area contributed by atoms with E-state index in [2.05, 4.69) is 49.3 Å². The molecule has 0 bridgehead atoms. The summed E-state index contributed by atoms with van der Waals surface area (Å²) in [5.41, 5.74) is 2.57. The lowest BCUT2D eigenvalue weighted by molar-refractivity contribution is 0.352. The third-order valence-electron chi connectivity index (χ3n) is 2.41. The largest absolute Gasteiger partial charge is 0.493 e. The van der Waals surface area contributed by atoms with Gasteiger partial charge in [-0.05, 0) is 17.7 Å². The first-order chi connectivity index (χ1) is 7.31. The van der Waals surface area contributed by atoms with Crippen LogP contribution < -0.4 is 10.1 Å². The topological polar surface area (TPSA) is 21.3 Å². The number of nitrogens with one attached hydrogen (secondary N) is 1. The molecule has 0 aromatic heterocycles. The summed E-state index contributed by atoms with van der Waals surface area (Å²) < 4.78 is 6.78. The van der Waals surface area contributed by atoms with Crippen LogP contribution in [0, 0.1) is 0 Å². The molecule has 15 heavy (non-hydrogen) atoms. The highest BCUT2D eigenvalue weighted by Crippen LogP contribution is 2.32. The molecule has 1 aromatic rings. The fourth-order valence-corrected chi connectivity index (χ4v) is 2.60. The predicted octanol–water partition coefficient (Wildman–Crippen LogP) is 2.87. The monoisotopic (exact) mass is 333 g/mol. The lowest BCUT2D eigenvalue weighted by Gasteiger charge is -2.09. The molecular weight excluding hydrogens is 322 g/mol. The lowest BCUT2D eigenvalue weighted by atomic mass is 10.1. The Labute approximate surface area is 107 Å². The fraction of sp³-hybridized carbons (Fsp3) is 0.455. The number of halogens is 2. The SMILES string of the molecule is BrCCNCc1cc(Br)cc2c1OCC2. The summed E-state index contributed by atoms with van der Waals surface area (Å²) in [6.07, 6.45) is 1.03. The highest BCUT2D eigenvalue weighted by molar-refractivity contribution is 9.10. The van der Waals surface area contributed by atoms with Crippen molar-refractivity contribution in [1.29, 1.82) is 0 Å². The van der Waals surface area contributed by atoms with Crippen molar-refractivity contribution in [1.82, 2.24) is 5.32 Å². The zero-order valence-corrected chi connectivity index (χ0v) is 11.5. The summed E-state index contributed by atoms with van der Waals surface area (Å²) in [5.74, 6) is 1.08. The molecule has 2 nitrogen and oxygen atoms in total. The summed E-state index contributed by atoms with van der Waals surface area (Å²) >= 11 is 6.93. The fourth-order valence-electron chi connectivity index (χ4n) is 1.77. The van der Waals surface area contributed by atoms with Crippen LogP contribution in [0.1, 0.15) is 11.1 Å². The first kappa shape index (κ1) is 11.4. The van der Waals surface area contributed by atoms with Gasteiger partial charge < -0.3 is 10.1 Å². The number of ether oxygens (including phenoxy) is 1. The third kappa shape index (κ3) is 2.74. The van der Waals surface area contributed by atoms with Gasteiger partial charge in [0, 0.05) is 34.9 Å². The first-order valence-electron chi connectivity index (χ1n) is 5.02. The molecule has 0 spiro atoms. The zero-order valence-electron chi connectivity index (χ0n) is 8.35. The van der Waals surface area contributed by atoms with Crippen molar-refractivity contribution in [2.45, 2.75) is 13.0 Å². The molecule has 1 N–H and O–H groups in total. The second kappa shape index (κ2) is 5.32. The van der Waals surface area contributed by atoms with Crippen molar-refractivity contribution in [3.8, 4) is 5.75 Å². The minimum absolute atomic E-state index is 0.817. The average Bonchev–Trinajstić information content (AvgIpc) is 2.65.